The van der Waals surface area contributed by atoms with E-state index in [4.69, 9.17) is 11.6 Å². The molecule has 0 amide bonds. The Balaban J connectivity index is 2.24. The van der Waals surface area contributed by atoms with Crippen molar-refractivity contribution in [3.05, 3.63) is 29.3 Å². The van der Waals surface area contributed by atoms with Gasteiger partial charge in [-0.25, -0.2) is 19.9 Å². The molecule has 0 saturated carbocycles. The van der Waals surface area contributed by atoms with Crippen molar-refractivity contribution in [2.75, 3.05) is 5.75 Å². The lowest BCUT2D eigenvalue weighted by Gasteiger charge is -2.07. The second-order valence-corrected chi connectivity index (χ2v) is 6.28. The van der Waals surface area contributed by atoms with Crippen molar-refractivity contribution in [3.63, 3.8) is 0 Å². The predicted molar refractivity (Wildman–Crippen MR) is 85.7 cm³/mol. The van der Waals surface area contributed by atoms with E-state index in [2.05, 4.69) is 26.9 Å². The third-order valence-electron chi connectivity index (χ3n) is 3.08. The fourth-order valence-electron chi connectivity index (χ4n) is 2.16. The summed E-state index contributed by atoms with van der Waals surface area (Å²) in [6.45, 7) is 4.09. The quantitative estimate of drug-likeness (QED) is 0.546. The van der Waals surface area contributed by atoms with Crippen LogP contribution >= 0.6 is 23.4 Å². The summed E-state index contributed by atoms with van der Waals surface area (Å²) in [5.41, 5.74) is 3.52. The molecule has 0 saturated heterocycles. The Morgan fingerprint density at radius 1 is 1.24 bits per heavy atom. The standard InChI is InChI=1S/C14H14ClN5S/c1-4-21-10-7-17-14(15)19-11(10)13-18-9-5-8(2)6-16-12(9)20(13)3/h5-7H,4H2,1-3H3. The lowest BCUT2D eigenvalue weighted by molar-refractivity contribution is 0.921. The molecule has 0 atom stereocenters. The average molecular weight is 320 g/mol. The van der Waals surface area contributed by atoms with Gasteiger partial charge in [-0.15, -0.1) is 11.8 Å². The number of imidazole rings is 1. The van der Waals surface area contributed by atoms with Crippen LogP contribution in [0.15, 0.2) is 23.4 Å². The monoisotopic (exact) mass is 319 g/mol. The fraction of sp³-hybridized carbons (Fsp3) is 0.286. The molecule has 0 radical (unpaired) electrons. The fourth-order valence-corrected chi connectivity index (χ4v) is 3.00. The van der Waals surface area contributed by atoms with E-state index in [0.717, 1.165) is 38.9 Å². The number of nitrogens with zero attached hydrogens (tertiary/aromatic N) is 5. The van der Waals surface area contributed by atoms with E-state index in [-0.39, 0.29) is 5.28 Å². The zero-order valence-electron chi connectivity index (χ0n) is 12.0. The first kappa shape index (κ1) is 14.3. The van der Waals surface area contributed by atoms with Crippen LogP contribution in [0.3, 0.4) is 0 Å². The van der Waals surface area contributed by atoms with E-state index in [1.165, 1.54) is 0 Å². The van der Waals surface area contributed by atoms with Gasteiger partial charge in [0.2, 0.25) is 5.28 Å². The van der Waals surface area contributed by atoms with E-state index < -0.39 is 0 Å². The molecule has 0 N–H and O–H groups in total. The number of thioether (sulfide) groups is 1. The third-order valence-corrected chi connectivity index (χ3v) is 4.16. The van der Waals surface area contributed by atoms with Crippen molar-refractivity contribution in [1.29, 1.82) is 0 Å². The van der Waals surface area contributed by atoms with Gasteiger partial charge in [0.05, 0.1) is 4.90 Å². The van der Waals surface area contributed by atoms with E-state index in [1.54, 1.807) is 18.0 Å². The van der Waals surface area contributed by atoms with E-state index in [0.29, 0.717) is 0 Å². The molecular formula is C14H14ClN5S. The molecule has 21 heavy (non-hydrogen) atoms. The van der Waals surface area contributed by atoms with Gasteiger partial charge in [-0.2, -0.15) is 0 Å². The van der Waals surface area contributed by atoms with Crippen LogP contribution in [0, 0.1) is 6.92 Å². The minimum absolute atomic E-state index is 0.224. The maximum atomic E-state index is 5.96. The average Bonchev–Trinajstić information content (AvgIpc) is 2.77. The molecule has 0 unspecified atom stereocenters. The second-order valence-electron chi connectivity index (χ2n) is 4.63. The van der Waals surface area contributed by atoms with E-state index in [9.17, 15) is 0 Å². The van der Waals surface area contributed by atoms with Gasteiger partial charge in [-0.3, -0.25) is 0 Å². The van der Waals surface area contributed by atoms with Crippen LogP contribution in [-0.4, -0.2) is 30.3 Å². The Morgan fingerprint density at radius 3 is 2.81 bits per heavy atom. The minimum Gasteiger partial charge on any atom is -0.310 e. The van der Waals surface area contributed by atoms with E-state index in [1.807, 2.05) is 30.8 Å². The normalized spacial score (nSPS) is 11.2. The molecule has 0 aliphatic carbocycles. The first-order chi connectivity index (χ1) is 10.1. The van der Waals surface area contributed by atoms with Gasteiger partial charge in [0, 0.05) is 19.4 Å². The van der Waals surface area contributed by atoms with Crippen molar-refractivity contribution < 1.29 is 0 Å². The second kappa shape index (κ2) is 5.61. The van der Waals surface area contributed by atoms with Gasteiger partial charge in [-0.05, 0) is 35.9 Å². The number of halogens is 1. The topological polar surface area (TPSA) is 56.5 Å². The van der Waals surface area contributed by atoms with Crippen LogP contribution < -0.4 is 0 Å². The summed E-state index contributed by atoms with van der Waals surface area (Å²) in [5, 5.41) is 0.224. The summed E-state index contributed by atoms with van der Waals surface area (Å²) in [7, 11) is 1.93. The number of rotatable bonds is 3. The van der Waals surface area contributed by atoms with Crippen molar-refractivity contribution in [2.24, 2.45) is 7.05 Å². The van der Waals surface area contributed by atoms with E-state index >= 15 is 0 Å². The molecule has 0 aliphatic heterocycles. The van der Waals surface area contributed by atoms with Crippen LogP contribution in [0.4, 0.5) is 0 Å². The molecule has 5 nitrogen and oxygen atoms in total. The highest BCUT2D eigenvalue weighted by atomic mass is 35.5. The Hall–Kier alpha value is -1.66. The van der Waals surface area contributed by atoms with Gasteiger partial charge in [0.15, 0.2) is 11.5 Å². The molecule has 0 bridgehead atoms. The third kappa shape index (κ3) is 2.61. The molecule has 0 fully saturated rings. The summed E-state index contributed by atoms with van der Waals surface area (Å²) < 4.78 is 1.94. The summed E-state index contributed by atoms with van der Waals surface area (Å²) in [4.78, 5) is 18.5. The van der Waals surface area contributed by atoms with Crippen molar-refractivity contribution in [1.82, 2.24) is 24.5 Å². The van der Waals surface area contributed by atoms with Gasteiger partial charge in [0.25, 0.3) is 0 Å². The molecule has 0 aliphatic rings. The molecule has 3 aromatic rings. The number of fused-ring (bicyclic) bond motifs is 1. The summed E-state index contributed by atoms with van der Waals surface area (Å²) in [6.07, 6.45) is 3.58. The maximum Gasteiger partial charge on any atom is 0.223 e. The summed E-state index contributed by atoms with van der Waals surface area (Å²) in [5.74, 6) is 1.68. The van der Waals surface area contributed by atoms with Gasteiger partial charge in [-0.1, -0.05) is 6.92 Å². The smallest absolute Gasteiger partial charge is 0.223 e. The van der Waals surface area contributed by atoms with Crippen LogP contribution in [0.25, 0.3) is 22.7 Å². The first-order valence-corrected chi connectivity index (χ1v) is 7.91. The molecular weight excluding hydrogens is 306 g/mol. The molecule has 3 heterocycles. The molecule has 108 valence electrons. The van der Waals surface area contributed by atoms with Crippen LogP contribution in [0.5, 0.6) is 0 Å². The van der Waals surface area contributed by atoms with Crippen molar-refractivity contribution in [3.8, 4) is 11.5 Å². The number of hydrogen-bond acceptors (Lipinski definition) is 5. The lowest BCUT2D eigenvalue weighted by Crippen LogP contribution is -1.99. The number of pyridine rings is 1. The largest absolute Gasteiger partial charge is 0.310 e. The van der Waals surface area contributed by atoms with Crippen LogP contribution in [-0.2, 0) is 7.05 Å². The number of hydrogen-bond donors (Lipinski definition) is 0. The molecule has 7 heteroatoms. The van der Waals surface area contributed by atoms with Crippen molar-refractivity contribution >= 4 is 34.5 Å². The Labute approximate surface area is 131 Å². The highest BCUT2D eigenvalue weighted by Crippen LogP contribution is 2.30. The minimum atomic E-state index is 0.224. The zero-order chi connectivity index (χ0) is 15.0. The van der Waals surface area contributed by atoms with Crippen LogP contribution in [0.2, 0.25) is 5.28 Å². The lowest BCUT2D eigenvalue weighted by atomic mass is 10.3. The first-order valence-electron chi connectivity index (χ1n) is 6.55. The number of aryl methyl sites for hydroxylation is 2. The number of aromatic nitrogens is 5. The van der Waals surface area contributed by atoms with Gasteiger partial charge < -0.3 is 4.57 Å². The Kier molecular flexibility index (Phi) is 3.82. The Bertz CT molecular complexity index is 814. The summed E-state index contributed by atoms with van der Waals surface area (Å²) in [6, 6.07) is 2.02. The predicted octanol–water partition coefficient (Wildman–Crippen LogP) is 3.50. The highest BCUT2D eigenvalue weighted by molar-refractivity contribution is 7.99. The zero-order valence-corrected chi connectivity index (χ0v) is 13.5. The molecule has 3 aromatic heterocycles. The molecule has 3 rings (SSSR count). The van der Waals surface area contributed by atoms with Crippen molar-refractivity contribution in [2.45, 2.75) is 18.7 Å². The van der Waals surface area contributed by atoms with Gasteiger partial charge in [0.1, 0.15) is 11.2 Å². The van der Waals surface area contributed by atoms with Gasteiger partial charge >= 0.3 is 0 Å². The maximum absolute atomic E-state index is 5.96. The van der Waals surface area contributed by atoms with Crippen LogP contribution in [0.1, 0.15) is 12.5 Å². The molecule has 0 aromatic carbocycles. The summed E-state index contributed by atoms with van der Waals surface area (Å²) >= 11 is 7.63. The SMILES string of the molecule is CCSc1cnc(Cl)nc1-c1nc2cc(C)cnc2n1C. The Morgan fingerprint density at radius 2 is 2.05 bits per heavy atom. The molecule has 0 spiro atoms. The highest BCUT2D eigenvalue weighted by Gasteiger charge is 2.17.